The third kappa shape index (κ3) is 1.84. The summed E-state index contributed by atoms with van der Waals surface area (Å²) >= 11 is 4.77. The third-order valence-corrected chi connectivity index (χ3v) is 3.31. The first-order chi connectivity index (χ1) is 6.66. The standard InChI is InChI=1S/C7H7BrN4OS/c1-12-10-7(9-11-12)6(13)4-2-3-5(8)14-4/h2-3,6,13H,1H3. The lowest BCUT2D eigenvalue weighted by Crippen LogP contribution is -2.00. The molecule has 0 aliphatic heterocycles. The van der Waals surface area contributed by atoms with Gasteiger partial charge in [0.15, 0.2) is 6.10 Å². The lowest BCUT2D eigenvalue weighted by atomic mass is 10.3. The van der Waals surface area contributed by atoms with Crippen LogP contribution >= 0.6 is 27.3 Å². The lowest BCUT2D eigenvalue weighted by molar-refractivity contribution is 0.213. The normalized spacial score (nSPS) is 13.1. The zero-order chi connectivity index (χ0) is 10.1. The van der Waals surface area contributed by atoms with Crippen LogP contribution in [0.25, 0.3) is 0 Å². The summed E-state index contributed by atoms with van der Waals surface area (Å²) in [6, 6.07) is 3.70. The predicted octanol–water partition coefficient (Wildman–Crippen LogP) is 1.12. The van der Waals surface area contributed by atoms with Crippen molar-refractivity contribution in [3.63, 3.8) is 0 Å². The number of nitrogens with zero attached hydrogens (tertiary/aromatic N) is 4. The molecule has 0 bridgehead atoms. The molecule has 1 N–H and O–H groups in total. The molecule has 0 radical (unpaired) electrons. The molecule has 2 aromatic heterocycles. The van der Waals surface area contributed by atoms with Crippen molar-refractivity contribution in [3.8, 4) is 0 Å². The quantitative estimate of drug-likeness (QED) is 0.892. The number of aliphatic hydroxyl groups excluding tert-OH is 1. The highest BCUT2D eigenvalue weighted by molar-refractivity contribution is 9.11. The molecule has 5 nitrogen and oxygen atoms in total. The fraction of sp³-hybridized carbons (Fsp3) is 0.286. The van der Waals surface area contributed by atoms with Gasteiger partial charge in [0, 0.05) is 4.88 Å². The maximum absolute atomic E-state index is 9.83. The monoisotopic (exact) mass is 274 g/mol. The summed E-state index contributed by atoms with van der Waals surface area (Å²) in [6.07, 6.45) is -0.792. The molecule has 0 saturated heterocycles. The first-order valence-corrected chi connectivity index (χ1v) is 5.45. The molecular weight excluding hydrogens is 268 g/mol. The molecule has 0 amide bonds. The molecule has 14 heavy (non-hydrogen) atoms. The van der Waals surface area contributed by atoms with Crippen molar-refractivity contribution in [1.29, 1.82) is 0 Å². The van der Waals surface area contributed by atoms with Gasteiger partial charge in [-0.05, 0) is 33.3 Å². The van der Waals surface area contributed by atoms with Crippen LogP contribution in [0.15, 0.2) is 15.9 Å². The summed E-state index contributed by atoms with van der Waals surface area (Å²) in [5.41, 5.74) is 0. The van der Waals surface area contributed by atoms with E-state index in [-0.39, 0.29) is 0 Å². The second-order valence-electron chi connectivity index (χ2n) is 2.68. The van der Waals surface area contributed by atoms with Gasteiger partial charge in [0.1, 0.15) is 0 Å². The van der Waals surface area contributed by atoms with Crippen LogP contribution in [-0.4, -0.2) is 25.3 Å². The summed E-state index contributed by atoms with van der Waals surface area (Å²) in [5.74, 6) is 0.321. The van der Waals surface area contributed by atoms with Gasteiger partial charge in [-0.3, -0.25) is 0 Å². The molecule has 1 unspecified atom stereocenters. The number of halogens is 1. The molecule has 0 saturated carbocycles. The Labute approximate surface area is 92.5 Å². The van der Waals surface area contributed by atoms with E-state index in [1.54, 1.807) is 7.05 Å². The zero-order valence-corrected chi connectivity index (χ0v) is 9.66. The number of aliphatic hydroxyl groups is 1. The Morgan fingerprint density at radius 3 is 2.86 bits per heavy atom. The number of aromatic nitrogens is 4. The van der Waals surface area contributed by atoms with Crippen molar-refractivity contribution >= 4 is 27.3 Å². The van der Waals surface area contributed by atoms with Crippen molar-refractivity contribution in [2.45, 2.75) is 6.10 Å². The Morgan fingerprint density at radius 1 is 1.57 bits per heavy atom. The van der Waals surface area contributed by atoms with Crippen molar-refractivity contribution in [2.24, 2.45) is 7.05 Å². The summed E-state index contributed by atoms with van der Waals surface area (Å²) in [5, 5.41) is 21.2. The van der Waals surface area contributed by atoms with Gasteiger partial charge in [-0.1, -0.05) is 0 Å². The second kappa shape index (κ2) is 3.76. The first kappa shape index (κ1) is 9.75. The molecule has 0 spiro atoms. The molecular formula is C7H7BrN4OS. The molecule has 0 fully saturated rings. The van der Waals surface area contributed by atoms with Crippen LogP contribution in [0.5, 0.6) is 0 Å². The van der Waals surface area contributed by atoms with Gasteiger partial charge in [-0.25, -0.2) is 0 Å². The lowest BCUT2D eigenvalue weighted by Gasteiger charge is -2.00. The highest BCUT2D eigenvalue weighted by Crippen LogP contribution is 2.29. The number of hydrogen-bond acceptors (Lipinski definition) is 5. The Bertz CT molecular complexity index is 400. The van der Waals surface area contributed by atoms with Gasteiger partial charge < -0.3 is 5.11 Å². The van der Waals surface area contributed by atoms with Gasteiger partial charge in [-0.15, -0.1) is 21.5 Å². The number of aryl methyl sites for hydroxylation is 1. The third-order valence-electron chi connectivity index (χ3n) is 1.63. The largest absolute Gasteiger partial charge is 0.379 e. The van der Waals surface area contributed by atoms with Crippen molar-refractivity contribution in [1.82, 2.24) is 20.2 Å². The van der Waals surface area contributed by atoms with E-state index in [2.05, 4.69) is 31.3 Å². The smallest absolute Gasteiger partial charge is 0.208 e. The van der Waals surface area contributed by atoms with E-state index in [1.165, 1.54) is 16.1 Å². The van der Waals surface area contributed by atoms with E-state index in [1.807, 2.05) is 12.1 Å². The molecule has 74 valence electrons. The van der Waals surface area contributed by atoms with Crippen molar-refractivity contribution < 1.29 is 5.11 Å². The molecule has 0 aliphatic carbocycles. The van der Waals surface area contributed by atoms with Crippen LogP contribution in [-0.2, 0) is 7.05 Å². The fourth-order valence-electron chi connectivity index (χ4n) is 1.01. The minimum Gasteiger partial charge on any atom is -0.379 e. The molecule has 7 heteroatoms. The first-order valence-electron chi connectivity index (χ1n) is 3.84. The highest BCUT2D eigenvalue weighted by Gasteiger charge is 2.17. The molecule has 0 aliphatic rings. The average molecular weight is 275 g/mol. The predicted molar refractivity (Wildman–Crippen MR) is 54.9 cm³/mol. The Hall–Kier alpha value is -0.790. The Kier molecular flexibility index (Phi) is 2.62. The SMILES string of the molecule is Cn1nnc(C(O)c2ccc(Br)s2)n1. The van der Waals surface area contributed by atoms with Crippen LogP contribution in [0, 0.1) is 0 Å². The van der Waals surface area contributed by atoms with Crippen LogP contribution in [0.4, 0.5) is 0 Å². The Morgan fingerprint density at radius 2 is 2.36 bits per heavy atom. The number of tetrazole rings is 1. The molecule has 2 rings (SSSR count). The average Bonchev–Trinajstić information content (AvgIpc) is 2.73. The van der Waals surface area contributed by atoms with Gasteiger partial charge >= 0.3 is 0 Å². The highest BCUT2D eigenvalue weighted by atomic mass is 79.9. The number of hydrogen-bond donors (Lipinski definition) is 1. The molecule has 2 aromatic rings. The number of rotatable bonds is 2. The minimum absolute atomic E-state index is 0.321. The van der Waals surface area contributed by atoms with Crippen LogP contribution < -0.4 is 0 Å². The summed E-state index contributed by atoms with van der Waals surface area (Å²) in [6.45, 7) is 0. The van der Waals surface area contributed by atoms with Gasteiger partial charge in [-0.2, -0.15) is 4.80 Å². The maximum atomic E-state index is 9.83. The van der Waals surface area contributed by atoms with E-state index >= 15 is 0 Å². The van der Waals surface area contributed by atoms with E-state index < -0.39 is 6.10 Å². The van der Waals surface area contributed by atoms with Crippen LogP contribution in [0.2, 0.25) is 0 Å². The van der Waals surface area contributed by atoms with E-state index in [0.29, 0.717) is 5.82 Å². The zero-order valence-electron chi connectivity index (χ0n) is 7.25. The molecule has 2 heterocycles. The van der Waals surface area contributed by atoms with Gasteiger partial charge in [0.05, 0.1) is 10.8 Å². The molecule has 0 aromatic carbocycles. The van der Waals surface area contributed by atoms with E-state index in [0.717, 1.165) is 8.66 Å². The summed E-state index contributed by atoms with van der Waals surface area (Å²) < 4.78 is 0.968. The maximum Gasteiger partial charge on any atom is 0.208 e. The van der Waals surface area contributed by atoms with Gasteiger partial charge in [0.25, 0.3) is 0 Å². The fourth-order valence-corrected chi connectivity index (χ4v) is 2.42. The van der Waals surface area contributed by atoms with Crippen LogP contribution in [0.3, 0.4) is 0 Å². The Balaban J connectivity index is 2.28. The van der Waals surface area contributed by atoms with Crippen LogP contribution in [0.1, 0.15) is 16.8 Å². The second-order valence-corrected chi connectivity index (χ2v) is 5.18. The minimum atomic E-state index is -0.792. The number of thiophene rings is 1. The summed E-state index contributed by atoms with van der Waals surface area (Å²) in [4.78, 5) is 2.12. The molecule has 1 atom stereocenters. The topological polar surface area (TPSA) is 63.8 Å². The van der Waals surface area contributed by atoms with Gasteiger partial charge in [0.2, 0.25) is 5.82 Å². The van der Waals surface area contributed by atoms with E-state index in [9.17, 15) is 5.11 Å². The summed E-state index contributed by atoms with van der Waals surface area (Å²) in [7, 11) is 1.66. The van der Waals surface area contributed by atoms with Crippen molar-refractivity contribution in [2.75, 3.05) is 0 Å². The van der Waals surface area contributed by atoms with Crippen molar-refractivity contribution in [3.05, 3.63) is 26.6 Å². The van der Waals surface area contributed by atoms with E-state index in [4.69, 9.17) is 0 Å².